The summed E-state index contributed by atoms with van der Waals surface area (Å²) in [4.78, 5) is 37.5. The summed E-state index contributed by atoms with van der Waals surface area (Å²) in [5, 5.41) is 8.07. The molecular weight excluding hydrogens is 1110 g/mol. The number of aldehydes is 1. The molecule has 0 bridgehead atoms. The second-order valence-electron chi connectivity index (χ2n) is 27.9. The van der Waals surface area contributed by atoms with Crippen LogP contribution in [0.4, 0.5) is 4.39 Å². The number of hydrogen-bond acceptors (Lipinski definition) is 12. The van der Waals surface area contributed by atoms with E-state index in [0.29, 0.717) is 98.9 Å². The molecule has 11 rings (SSSR count). The zero-order valence-electron chi connectivity index (χ0n) is 53.6. The van der Waals surface area contributed by atoms with Crippen molar-refractivity contribution < 1.29 is 50.9 Å². The zero-order valence-corrected chi connectivity index (χ0v) is 54.4. The van der Waals surface area contributed by atoms with Crippen molar-refractivity contribution in [2.24, 2.45) is 40.6 Å². The second-order valence-corrected chi connectivity index (χ2v) is 29.5. The molecule has 13 nitrogen and oxygen atoms in total. The van der Waals surface area contributed by atoms with Crippen molar-refractivity contribution in [3.8, 4) is 0 Å². The van der Waals surface area contributed by atoms with E-state index in [9.17, 15) is 27.2 Å². The standard InChI is InChI=1S/C23H36N2O4S.C20H26O3.C19H34FN.C9H14O3/c1-15(2)18-13-20(16(3)4)22(21(14-18)17(5)6)30(26,27)25-24-19-7-9-23(10-8-19)28-11-12-29-23;21-18-13-11-16(12-14-18)19(15-7-3-1-4-8-15)23-20(22)17-9-5-2-6-10-17;20-17-11-9-16(10-12-17)19(15-6-2-1-3-7-15)14-18-8-4-5-13-21-18;10-7-8-1-3-9(4-2-8)11-5-6-12-9/h13-17,25H,7-12H2,1-6H3;2,5-6,9-10,15-16,19H,1,3-4,7-8,11-14H2;15-19,21H,1-14H2;7-8H,1-6H2. The van der Waals surface area contributed by atoms with Crippen LogP contribution in [0.3, 0.4) is 0 Å². The van der Waals surface area contributed by atoms with Gasteiger partial charge in [-0.15, -0.1) is 0 Å². The number of rotatable bonds is 15. The maximum absolute atomic E-state index is 13.5. The number of alkyl halides is 1. The predicted molar refractivity (Wildman–Crippen MR) is 339 cm³/mol. The van der Waals surface area contributed by atoms with Crippen molar-refractivity contribution in [3.05, 3.63) is 64.7 Å². The molecule has 3 saturated heterocycles. The number of esters is 1. The first kappa shape index (κ1) is 68.3. The summed E-state index contributed by atoms with van der Waals surface area (Å²) in [5.41, 5.74) is 4.35. The van der Waals surface area contributed by atoms with E-state index in [1.165, 1.54) is 89.2 Å². The molecule has 3 atom stereocenters. The first-order valence-corrected chi connectivity index (χ1v) is 35.9. The lowest BCUT2D eigenvalue weighted by Gasteiger charge is -2.41. The average Bonchev–Trinajstić information content (AvgIpc) is 2.32. The smallest absolute Gasteiger partial charge is 0.338 e. The molecule has 6 saturated carbocycles. The number of ketones is 1. The Hall–Kier alpha value is -3.60. The van der Waals surface area contributed by atoms with Crippen LogP contribution in [-0.2, 0) is 43.3 Å². The van der Waals surface area contributed by atoms with Gasteiger partial charge in [-0.2, -0.15) is 13.5 Å². The molecule has 3 unspecified atom stereocenters. The van der Waals surface area contributed by atoms with Gasteiger partial charge in [0.2, 0.25) is 0 Å². The van der Waals surface area contributed by atoms with Crippen LogP contribution in [0.25, 0.3) is 0 Å². The van der Waals surface area contributed by atoms with Gasteiger partial charge in [-0.25, -0.2) is 14.0 Å². The Bertz CT molecular complexity index is 2480. The maximum Gasteiger partial charge on any atom is 0.338 e. The fourth-order valence-corrected chi connectivity index (χ4v) is 17.1. The van der Waals surface area contributed by atoms with Crippen molar-refractivity contribution in [1.82, 2.24) is 10.1 Å². The highest BCUT2D eigenvalue weighted by Crippen LogP contribution is 2.45. The molecular formula is C71H110FN3O10S. The number of nitrogens with one attached hydrogen (secondary N) is 2. The van der Waals surface area contributed by atoms with Gasteiger partial charge in [0, 0.05) is 56.2 Å². The summed E-state index contributed by atoms with van der Waals surface area (Å²) >= 11 is 0. The number of hydrogen-bond donors (Lipinski definition) is 2. The highest BCUT2D eigenvalue weighted by Gasteiger charge is 2.42. The molecule has 9 aliphatic rings. The lowest BCUT2D eigenvalue weighted by atomic mass is 9.67. The largest absolute Gasteiger partial charge is 0.458 e. The number of sulfonamides is 1. The number of piperidine rings is 1. The van der Waals surface area contributed by atoms with Crippen LogP contribution in [0.15, 0.2) is 52.5 Å². The molecule has 482 valence electrons. The average molecular weight is 1220 g/mol. The number of benzene rings is 2. The van der Waals surface area contributed by atoms with Gasteiger partial charge in [0.05, 0.1) is 36.9 Å². The van der Waals surface area contributed by atoms with E-state index in [1.54, 1.807) is 0 Å². The Morgan fingerprint density at radius 2 is 1.16 bits per heavy atom. The third-order valence-corrected chi connectivity index (χ3v) is 22.2. The highest BCUT2D eigenvalue weighted by molar-refractivity contribution is 7.89. The Labute approximate surface area is 517 Å². The summed E-state index contributed by atoms with van der Waals surface area (Å²) in [6.07, 6.45) is 32.8. The van der Waals surface area contributed by atoms with E-state index in [1.807, 2.05) is 70.2 Å². The van der Waals surface area contributed by atoms with Crippen molar-refractivity contribution in [3.63, 3.8) is 0 Å². The Morgan fingerprint density at radius 1 is 0.651 bits per heavy atom. The van der Waals surface area contributed by atoms with Gasteiger partial charge in [0.1, 0.15) is 24.3 Å². The SMILES string of the molecule is CC(C)c1cc(C(C)C)c(S(=O)(=O)NN=C2CCC3(CC2)OCCO3)c(C(C)C)c1.FC1CCC(C(CC2CCCCN2)C2CCCCC2)CC1.O=C1CCC(C(OC(=O)c2ccccc2)C2CCCCC2)CC1.O=CC1CCC2(CC1)OCCO2. The summed E-state index contributed by atoms with van der Waals surface area (Å²) in [5.74, 6) is 3.58. The molecule has 0 radical (unpaired) electrons. The third kappa shape index (κ3) is 19.7. The van der Waals surface area contributed by atoms with E-state index < -0.39 is 22.0 Å². The number of carbonyl (C=O) groups is 3. The van der Waals surface area contributed by atoms with Crippen LogP contribution in [-0.4, -0.2) is 95.0 Å². The molecule has 6 aliphatic carbocycles. The van der Waals surface area contributed by atoms with Crippen molar-refractivity contribution in [2.75, 3.05) is 33.0 Å². The van der Waals surface area contributed by atoms with Gasteiger partial charge >= 0.3 is 5.97 Å². The molecule has 2 N–H and O–H groups in total. The molecule has 3 heterocycles. The summed E-state index contributed by atoms with van der Waals surface area (Å²) in [6, 6.07) is 14.1. The fraction of sp³-hybridized carbons (Fsp3) is 0.775. The molecule has 0 aromatic heterocycles. The summed E-state index contributed by atoms with van der Waals surface area (Å²) in [6.45, 7) is 16.3. The van der Waals surface area contributed by atoms with E-state index in [4.69, 9.17) is 23.7 Å². The van der Waals surface area contributed by atoms with Crippen LogP contribution < -0.4 is 10.1 Å². The van der Waals surface area contributed by atoms with Crippen LogP contribution in [0.1, 0.15) is 279 Å². The minimum atomic E-state index is -3.78. The quantitative estimate of drug-likeness (QED) is 0.0989. The van der Waals surface area contributed by atoms with Gasteiger partial charge < -0.3 is 33.8 Å². The monoisotopic (exact) mass is 1220 g/mol. The van der Waals surface area contributed by atoms with Gasteiger partial charge in [0.25, 0.3) is 10.0 Å². The van der Waals surface area contributed by atoms with Crippen molar-refractivity contribution in [1.29, 1.82) is 0 Å². The summed E-state index contributed by atoms with van der Waals surface area (Å²) < 4.78 is 68.8. The van der Waals surface area contributed by atoms with E-state index in [-0.39, 0.29) is 35.6 Å². The molecule has 0 amide bonds. The topological polar surface area (TPSA) is 168 Å². The summed E-state index contributed by atoms with van der Waals surface area (Å²) in [7, 11) is -3.78. The van der Waals surface area contributed by atoms with Crippen molar-refractivity contribution in [2.45, 2.75) is 287 Å². The minimum absolute atomic E-state index is 0.0175. The molecule has 3 aliphatic heterocycles. The van der Waals surface area contributed by atoms with Gasteiger partial charge in [-0.05, 0) is 179 Å². The third-order valence-electron chi connectivity index (χ3n) is 20.8. The van der Waals surface area contributed by atoms with E-state index in [2.05, 4.69) is 29.1 Å². The normalized spacial score (nSPS) is 26.4. The number of Topliss-reactive ketones (excluding diaryl/α,β-unsaturated/α-hetero) is 1. The maximum atomic E-state index is 13.5. The number of carbonyl (C=O) groups excluding carboxylic acids is 3. The van der Waals surface area contributed by atoms with Crippen molar-refractivity contribution >= 4 is 33.8 Å². The van der Waals surface area contributed by atoms with Crippen LogP contribution in [0, 0.1) is 35.5 Å². The van der Waals surface area contributed by atoms with E-state index in [0.717, 1.165) is 124 Å². The molecule has 9 fully saturated rings. The number of ether oxygens (including phenoxy) is 5. The van der Waals surface area contributed by atoms with E-state index >= 15 is 0 Å². The number of hydrazone groups is 1. The van der Waals surface area contributed by atoms with Crippen LogP contribution >= 0.6 is 0 Å². The highest BCUT2D eigenvalue weighted by atomic mass is 32.2. The lowest BCUT2D eigenvalue weighted by Crippen LogP contribution is -2.39. The molecule has 2 aromatic carbocycles. The Balaban J connectivity index is 0.000000155. The Kier molecular flexibility index (Phi) is 26.6. The first-order chi connectivity index (χ1) is 41.5. The molecule has 2 spiro atoms. The molecule has 15 heteroatoms. The van der Waals surface area contributed by atoms with Crippen LogP contribution in [0.2, 0.25) is 0 Å². The Morgan fingerprint density at radius 3 is 1.67 bits per heavy atom. The van der Waals surface area contributed by atoms with Gasteiger partial charge in [-0.1, -0.05) is 130 Å². The predicted octanol–water partition coefficient (Wildman–Crippen LogP) is 15.9. The second kappa shape index (κ2) is 33.5. The molecule has 2 aromatic rings. The fourth-order valence-electron chi connectivity index (χ4n) is 15.6. The van der Waals surface area contributed by atoms with Gasteiger partial charge in [-0.3, -0.25) is 4.79 Å². The number of nitrogens with zero attached hydrogens (tertiary/aromatic N) is 1. The zero-order chi connectivity index (χ0) is 61.1. The lowest BCUT2D eigenvalue weighted by molar-refractivity contribution is -0.182. The van der Waals surface area contributed by atoms with Gasteiger partial charge in [0.15, 0.2) is 11.6 Å². The number of halogens is 1. The first-order valence-electron chi connectivity index (χ1n) is 34.4. The minimum Gasteiger partial charge on any atom is -0.458 e. The van der Waals surface area contributed by atoms with Crippen LogP contribution in [0.5, 0.6) is 0 Å². The molecule has 86 heavy (non-hydrogen) atoms.